The number of H-pyrrole nitrogens is 1. The number of sulfone groups is 1. The van der Waals surface area contributed by atoms with Crippen LogP contribution in [0.5, 0.6) is 0 Å². The SMILES string of the molecule is CC1CCCCC1NC(=O)C(C)S(=O)(=O)c1nc2ccccc2[nH]1. The van der Waals surface area contributed by atoms with Crippen LogP contribution < -0.4 is 5.32 Å². The molecule has 1 aliphatic rings. The van der Waals surface area contributed by atoms with Crippen molar-refractivity contribution < 1.29 is 13.2 Å². The molecule has 3 rings (SSSR count). The van der Waals surface area contributed by atoms with Crippen molar-refractivity contribution in [1.82, 2.24) is 15.3 Å². The van der Waals surface area contributed by atoms with Gasteiger partial charge >= 0.3 is 0 Å². The van der Waals surface area contributed by atoms with Crippen molar-refractivity contribution in [3.8, 4) is 0 Å². The first-order valence-electron chi connectivity index (χ1n) is 8.38. The van der Waals surface area contributed by atoms with E-state index in [4.69, 9.17) is 0 Å². The van der Waals surface area contributed by atoms with Gasteiger partial charge in [-0.3, -0.25) is 4.79 Å². The van der Waals surface area contributed by atoms with Gasteiger partial charge < -0.3 is 10.3 Å². The molecule has 7 heteroatoms. The molecule has 0 saturated heterocycles. The number of imidazole rings is 1. The lowest BCUT2D eigenvalue weighted by atomic mass is 9.86. The number of hydrogen-bond donors (Lipinski definition) is 2. The van der Waals surface area contributed by atoms with Crippen LogP contribution in [0.25, 0.3) is 11.0 Å². The lowest BCUT2D eigenvalue weighted by Gasteiger charge is -2.30. The first kappa shape index (κ1) is 17.0. The number of carbonyl (C=O) groups is 1. The molecule has 1 aromatic carbocycles. The largest absolute Gasteiger partial charge is 0.352 e. The number of nitrogens with one attached hydrogen (secondary N) is 2. The Labute approximate surface area is 142 Å². The molecule has 1 saturated carbocycles. The summed E-state index contributed by atoms with van der Waals surface area (Å²) >= 11 is 0. The number of fused-ring (bicyclic) bond motifs is 1. The van der Waals surface area contributed by atoms with Gasteiger partial charge in [0, 0.05) is 6.04 Å². The standard InChI is InChI=1S/C17H23N3O3S/c1-11-7-3-4-8-13(11)18-16(21)12(2)24(22,23)17-19-14-9-5-6-10-15(14)20-17/h5-6,9-13H,3-4,7-8H2,1-2H3,(H,18,21)(H,19,20). The van der Waals surface area contributed by atoms with Crippen LogP contribution >= 0.6 is 0 Å². The summed E-state index contributed by atoms with van der Waals surface area (Å²) in [5.41, 5.74) is 1.22. The van der Waals surface area contributed by atoms with E-state index in [0.717, 1.165) is 19.3 Å². The molecule has 2 N–H and O–H groups in total. The molecule has 1 fully saturated rings. The zero-order chi connectivity index (χ0) is 17.3. The second kappa shape index (κ2) is 6.55. The second-order valence-electron chi connectivity index (χ2n) is 6.62. The summed E-state index contributed by atoms with van der Waals surface area (Å²) in [6.45, 7) is 3.52. The molecule has 6 nitrogen and oxygen atoms in total. The van der Waals surface area contributed by atoms with Crippen molar-refractivity contribution in [2.75, 3.05) is 0 Å². The maximum atomic E-state index is 12.7. The highest BCUT2D eigenvalue weighted by molar-refractivity contribution is 7.92. The van der Waals surface area contributed by atoms with Gasteiger partial charge in [0.05, 0.1) is 11.0 Å². The van der Waals surface area contributed by atoms with E-state index in [1.54, 1.807) is 24.3 Å². The fraction of sp³-hybridized carbons (Fsp3) is 0.529. The smallest absolute Gasteiger partial charge is 0.238 e. The van der Waals surface area contributed by atoms with E-state index >= 15 is 0 Å². The highest BCUT2D eigenvalue weighted by Gasteiger charge is 2.34. The van der Waals surface area contributed by atoms with Crippen LogP contribution in [-0.2, 0) is 14.6 Å². The van der Waals surface area contributed by atoms with Crippen molar-refractivity contribution in [2.45, 2.75) is 56.0 Å². The fourth-order valence-electron chi connectivity index (χ4n) is 3.20. The van der Waals surface area contributed by atoms with Gasteiger partial charge in [0.1, 0.15) is 5.25 Å². The van der Waals surface area contributed by atoms with Crippen molar-refractivity contribution >= 4 is 26.8 Å². The molecule has 3 unspecified atom stereocenters. The monoisotopic (exact) mass is 349 g/mol. The minimum Gasteiger partial charge on any atom is -0.352 e. The average molecular weight is 349 g/mol. The Kier molecular flexibility index (Phi) is 4.62. The van der Waals surface area contributed by atoms with E-state index in [2.05, 4.69) is 22.2 Å². The third-order valence-electron chi connectivity index (χ3n) is 4.91. The lowest BCUT2D eigenvalue weighted by molar-refractivity contribution is -0.121. The van der Waals surface area contributed by atoms with E-state index < -0.39 is 21.0 Å². The maximum absolute atomic E-state index is 12.7. The molecule has 0 spiro atoms. The highest BCUT2D eigenvalue weighted by Crippen LogP contribution is 2.24. The Morgan fingerprint density at radius 2 is 2.00 bits per heavy atom. The number of para-hydroxylation sites is 2. The number of amides is 1. The van der Waals surface area contributed by atoms with E-state index in [9.17, 15) is 13.2 Å². The third kappa shape index (κ3) is 3.17. The Morgan fingerprint density at radius 3 is 2.71 bits per heavy atom. The number of aromatic nitrogens is 2. The number of benzene rings is 1. The van der Waals surface area contributed by atoms with Gasteiger partial charge in [-0.1, -0.05) is 31.9 Å². The summed E-state index contributed by atoms with van der Waals surface area (Å²) in [5.74, 6) is -0.0713. The number of carbonyl (C=O) groups excluding carboxylic acids is 1. The Hall–Kier alpha value is -1.89. The minimum atomic E-state index is -3.85. The zero-order valence-electron chi connectivity index (χ0n) is 14.0. The molecule has 24 heavy (non-hydrogen) atoms. The summed E-state index contributed by atoms with van der Waals surface area (Å²) in [5, 5.41) is 1.59. The summed E-state index contributed by atoms with van der Waals surface area (Å²) in [6.07, 6.45) is 4.21. The van der Waals surface area contributed by atoms with E-state index in [0.29, 0.717) is 17.0 Å². The van der Waals surface area contributed by atoms with Crippen molar-refractivity contribution in [3.63, 3.8) is 0 Å². The Balaban J connectivity index is 1.79. The lowest BCUT2D eigenvalue weighted by Crippen LogP contribution is -2.47. The molecule has 2 aromatic rings. The van der Waals surface area contributed by atoms with Crippen molar-refractivity contribution in [1.29, 1.82) is 0 Å². The molecule has 0 bridgehead atoms. The van der Waals surface area contributed by atoms with E-state index in [-0.39, 0.29) is 11.2 Å². The van der Waals surface area contributed by atoms with Gasteiger partial charge in [0.2, 0.25) is 20.9 Å². The average Bonchev–Trinajstić information content (AvgIpc) is 3.01. The van der Waals surface area contributed by atoms with Crippen LogP contribution in [0, 0.1) is 5.92 Å². The molecule has 0 aliphatic heterocycles. The zero-order valence-corrected chi connectivity index (χ0v) is 14.8. The molecule has 130 valence electrons. The Bertz CT molecular complexity index is 811. The molecule has 3 atom stereocenters. The van der Waals surface area contributed by atoms with Gasteiger partial charge in [-0.15, -0.1) is 0 Å². The number of hydrogen-bond acceptors (Lipinski definition) is 4. The topological polar surface area (TPSA) is 91.9 Å². The normalized spacial score (nSPS) is 23.1. The van der Waals surface area contributed by atoms with Gasteiger partial charge in [0.15, 0.2) is 0 Å². The summed E-state index contributed by atoms with van der Waals surface area (Å²) < 4.78 is 25.4. The molecular weight excluding hydrogens is 326 g/mol. The van der Waals surface area contributed by atoms with Crippen molar-refractivity contribution in [2.24, 2.45) is 5.92 Å². The number of nitrogens with zero attached hydrogens (tertiary/aromatic N) is 1. The van der Waals surface area contributed by atoms with Gasteiger partial charge in [-0.05, 0) is 37.8 Å². The fourth-order valence-corrected chi connectivity index (χ4v) is 4.37. The predicted molar refractivity (Wildman–Crippen MR) is 92.3 cm³/mol. The van der Waals surface area contributed by atoms with Gasteiger partial charge in [0.25, 0.3) is 0 Å². The molecule has 1 heterocycles. The van der Waals surface area contributed by atoms with Gasteiger partial charge in [-0.25, -0.2) is 13.4 Å². The Morgan fingerprint density at radius 1 is 1.29 bits per heavy atom. The van der Waals surface area contributed by atoms with E-state index in [1.165, 1.54) is 13.3 Å². The summed E-state index contributed by atoms with van der Waals surface area (Å²) in [7, 11) is -3.85. The summed E-state index contributed by atoms with van der Waals surface area (Å²) in [4.78, 5) is 19.4. The number of aromatic amines is 1. The van der Waals surface area contributed by atoms with Crippen LogP contribution in [0.15, 0.2) is 29.4 Å². The maximum Gasteiger partial charge on any atom is 0.238 e. The molecular formula is C17H23N3O3S. The first-order valence-corrected chi connectivity index (χ1v) is 9.93. The van der Waals surface area contributed by atoms with Crippen LogP contribution in [0.3, 0.4) is 0 Å². The summed E-state index contributed by atoms with van der Waals surface area (Å²) in [6, 6.07) is 7.15. The molecule has 1 aliphatic carbocycles. The van der Waals surface area contributed by atoms with E-state index in [1.807, 2.05) is 0 Å². The molecule has 1 aromatic heterocycles. The van der Waals surface area contributed by atoms with Crippen LogP contribution in [-0.4, -0.2) is 35.6 Å². The van der Waals surface area contributed by atoms with Gasteiger partial charge in [-0.2, -0.15) is 0 Å². The van der Waals surface area contributed by atoms with Crippen LogP contribution in [0.2, 0.25) is 0 Å². The van der Waals surface area contributed by atoms with Crippen LogP contribution in [0.4, 0.5) is 0 Å². The molecule has 0 radical (unpaired) electrons. The highest BCUT2D eigenvalue weighted by atomic mass is 32.2. The minimum absolute atomic E-state index is 0.0552. The molecule has 1 amide bonds. The number of rotatable bonds is 4. The third-order valence-corrected chi connectivity index (χ3v) is 6.79. The van der Waals surface area contributed by atoms with Crippen molar-refractivity contribution in [3.05, 3.63) is 24.3 Å². The quantitative estimate of drug-likeness (QED) is 0.887. The van der Waals surface area contributed by atoms with Crippen LogP contribution in [0.1, 0.15) is 39.5 Å². The second-order valence-corrected chi connectivity index (χ2v) is 8.81. The predicted octanol–water partition coefficient (Wildman–Crippen LogP) is 2.42. The first-order chi connectivity index (χ1) is 11.4.